The van der Waals surface area contributed by atoms with Gasteiger partial charge >= 0.3 is 0 Å². The minimum Gasteiger partial charge on any atom is -0.399 e. The van der Waals surface area contributed by atoms with Gasteiger partial charge in [0, 0.05) is 18.3 Å². The molecule has 3 rings (SSSR count). The minimum atomic E-state index is -3.76. The van der Waals surface area contributed by atoms with Gasteiger partial charge in [0.1, 0.15) is 4.90 Å². The summed E-state index contributed by atoms with van der Waals surface area (Å²) < 4.78 is 28.4. The van der Waals surface area contributed by atoms with E-state index in [-0.39, 0.29) is 16.0 Å². The summed E-state index contributed by atoms with van der Waals surface area (Å²) in [6.45, 7) is 4.07. The van der Waals surface area contributed by atoms with E-state index < -0.39 is 10.0 Å². The van der Waals surface area contributed by atoms with Crippen molar-refractivity contribution in [3.63, 3.8) is 0 Å². The Hall–Kier alpha value is -1.56. The van der Waals surface area contributed by atoms with Gasteiger partial charge in [-0.3, -0.25) is 0 Å². The van der Waals surface area contributed by atoms with Crippen molar-refractivity contribution in [1.82, 2.24) is 4.31 Å². The molecule has 0 aromatic heterocycles. The molecule has 0 saturated heterocycles. The predicted octanol–water partition coefficient (Wildman–Crippen LogP) is 4.22. The summed E-state index contributed by atoms with van der Waals surface area (Å²) in [5.74, 6) is 0.402. The van der Waals surface area contributed by atoms with Gasteiger partial charge < -0.3 is 5.73 Å². The highest BCUT2D eigenvalue weighted by atomic mass is 35.5. The van der Waals surface area contributed by atoms with E-state index in [1.54, 1.807) is 17.3 Å². The van der Waals surface area contributed by atoms with Crippen LogP contribution in [0.2, 0.25) is 5.02 Å². The average Bonchev–Trinajstić information content (AvgIpc) is 3.41. The largest absolute Gasteiger partial charge is 0.399 e. The summed E-state index contributed by atoms with van der Waals surface area (Å²) in [6, 6.07) is 12.7. The fraction of sp³-hybridized carbons (Fsp3) is 0.368. The zero-order valence-electron chi connectivity index (χ0n) is 14.4. The highest BCUT2D eigenvalue weighted by molar-refractivity contribution is 7.89. The van der Waals surface area contributed by atoms with Crippen LogP contribution in [-0.2, 0) is 16.6 Å². The summed E-state index contributed by atoms with van der Waals surface area (Å²) in [5, 5.41) is 0.246. The number of anilines is 1. The number of halogens is 1. The molecule has 25 heavy (non-hydrogen) atoms. The zero-order chi connectivity index (χ0) is 18.2. The number of hydrogen-bond acceptors (Lipinski definition) is 3. The lowest BCUT2D eigenvalue weighted by Gasteiger charge is -2.29. The molecular weight excluding hydrogens is 356 g/mol. The molecular formula is C19H23ClN2O2S. The fourth-order valence-electron chi connectivity index (χ4n) is 3.10. The summed E-state index contributed by atoms with van der Waals surface area (Å²) in [5.41, 5.74) is 7.91. The van der Waals surface area contributed by atoms with E-state index in [0.29, 0.717) is 23.7 Å². The van der Waals surface area contributed by atoms with Gasteiger partial charge in [0.15, 0.2) is 0 Å². The molecule has 134 valence electrons. The fourth-order valence-corrected chi connectivity index (χ4v) is 5.36. The van der Waals surface area contributed by atoms with Gasteiger partial charge in [-0.2, -0.15) is 4.31 Å². The third-order valence-corrected chi connectivity index (χ3v) is 7.34. The first-order chi connectivity index (χ1) is 11.8. The molecule has 0 aliphatic heterocycles. The van der Waals surface area contributed by atoms with Gasteiger partial charge in [0.2, 0.25) is 10.0 Å². The second-order valence-electron chi connectivity index (χ2n) is 6.76. The standard InChI is InChI=1S/C19H23ClN2O2S/c1-13-10-17(21)11-18(19(13)20)25(23,24)22(14(2)16-8-9-16)12-15-6-4-3-5-7-15/h3-7,10-11,14,16H,8-9,12,21H2,1-2H3. The van der Waals surface area contributed by atoms with Gasteiger partial charge in [-0.1, -0.05) is 41.9 Å². The van der Waals surface area contributed by atoms with Crippen LogP contribution in [0.3, 0.4) is 0 Å². The van der Waals surface area contributed by atoms with Crippen LogP contribution in [-0.4, -0.2) is 18.8 Å². The van der Waals surface area contributed by atoms with E-state index >= 15 is 0 Å². The topological polar surface area (TPSA) is 63.4 Å². The molecule has 0 heterocycles. The van der Waals surface area contributed by atoms with Crippen molar-refractivity contribution in [2.45, 2.75) is 44.2 Å². The summed E-state index contributed by atoms with van der Waals surface area (Å²) in [7, 11) is -3.76. The summed E-state index contributed by atoms with van der Waals surface area (Å²) in [6.07, 6.45) is 2.12. The van der Waals surface area contributed by atoms with Gasteiger partial charge in [0.25, 0.3) is 0 Å². The SMILES string of the molecule is Cc1cc(N)cc(S(=O)(=O)N(Cc2ccccc2)C(C)C2CC2)c1Cl. The van der Waals surface area contributed by atoms with E-state index in [0.717, 1.165) is 18.4 Å². The highest BCUT2D eigenvalue weighted by Gasteiger charge is 2.39. The van der Waals surface area contributed by atoms with Crippen LogP contribution in [0.25, 0.3) is 0 Å². The summed E-state index contributed by atoms with van der Waals surface area (Å²) >= 11 is 6.34. The molecule has 2 aromatic rings. The molecule has 0 amide bonds. The molecule has 6 heteroatoms. The number of aryl methyl sites for hydroxylation is 1. The quantitative estimate of drug-likeness (QED) is 0.765. The van der Waals surface area contributed by atoms with Crippen LogP contribution in [0.15, 0.2) is 47.4 Å². The lowest BCUT2D eigenvalue weighted by molar-refractivity contribution is 0.303. The van der Waals surface area contributed by atoms with Crippen molar-refractivity contribution in [3.8, 4) is 0 Å². The number of nitrogens with two attached hydrogens (primary N) is 1. The Balaban J connectivity index is 2.05. The zero-order valence-corrected chi connectivity index (χ0v) is 16.0. The number of nitrogen functional groups attached to an aromatic ring is 1. The maximum atomic E-state index is 13.4. The minimum absolute atomic E-state index is 0.0805. The molecule has 1 aliphatic rings. The Morgan fingerprint density at radius 2 is 1.88 bits per heavy atom. The lowest BCUT2D eigenvalue weighted by atomic mass is 10.2. The van der Waals surface area contributed by atoms with E-state index in [4.69, 9.17) is 17.3 Å². The van der Waals surface area contributed by atoms with Crippen molar-refractivity contribution >= 4 is 27.3 Å². The van der Waals surface area contributed by atoms with Crippen molar-refractivity contribution in [2.24, 2.45) is 5.92 Å². The number of hydrogen-bond donors (Lipinski definition) is 1. The Labute approximate surface area is 154 Å². The Bertz CT molecular complexity index is 864. The molecule has 0 bridgehead atoms. The Morgan fingerprint density at radius 3 is 2.48 bits per heavy atom. The van der Waals surface area contributed by atoms with Crippen LogP contribution in [0, 0.1) is 12.8 Å². The van der Waals surface area contributed by atoms with Gasteiger partial charge in [-0.25, -0.2) is 8.42 Å². The molecule has 1 fully saturated rings. The average molecular weight is 379 g/mol. The van der Waals surface area contributed by atoms with Crippen LogP contribution in [0.4, 0.5) is 5.69 Å². The maximum absolute atomic E-state index is 13.4. The number of rotatable bonds is 6. The smallest absolute Gasteiger partial charge is 0.245 e. The van der Waals surface area contributed by atoms with Crippen molar-refractivity contribution in [3.05, 3.63) is 58.6 Å². The van der Waals surface area contributed by atoms with Gasteiger partial charge in [-0.15, -0.1) is 0 Å². The number of nitrogens with zero attached hydrogens (tertiary/aromatic N) is 1. The third-order valence-electron chi connectivity index (χ3n) is 4.77. The third kappa shape index (κ3) is 3.84. The first-order valence-corrected chi connectivity index (χ1v) is 10.2. The van der Waals surface area contributed by atoms with Crippen molar-refractivity contribution in [2.75, 3.05) is 5.73 Å². The normalized spacial score (nSPS) is 16.2. The molecule has 1 atom stereocenters. The molecule has 2 aromatic carbocycles. The lowest BCUT2D eigenvalue weighted by Crippen LogP contribution is -2.39. The molecule has 2 N–H and O–H groups in total. The van der Waals surface area contributed by atoms with Crippen LogP contribution in [0.5, 0.6) is 0 Å². The van der Waals surface area contributed by atoms with Crippen molar-refractivity contribution in [1.29, 1.82) is 0 Å². The molecule has 4 nitrogen and oxygen atoms in total. The molecule has 1 saturated carbocycles. The Kier molecular flexibility index (Phi) is 5.09. The van der Waals surface area contributed by atoms with E-state index in [1.807, 2.05) is 37.3 Å². The Morgan fingerprint density at radius 1 is 1.24 bits per heavy atom. The first-order valence-electron chi connectivity index (χ1n) is 8.42. The second-order valence-corrected chi connectivity index (χ2v) is 9.00. The van der Waals surface area contributed by atoms with E-state index in [2.05, 4.69) is 0 Å². The summed E-state index contributed by atoms with van der Waals surface area (Å²) in [4.78, 5) is 0.0927. The molecule has 1 unspecified atom stereocenters. The van der Waals surface area contributed by atoms with Crippen LogP contribution >= 0.6 is 11.6 Å². The van der Waals surface area contributed by atoms with E-state index in [1.165, 1.54) is 6.07 Å². The predicted molar refractivity (Wildman–Crippen MR) is 102 cm³/mol. The highest BCUT2D eigenvalue weighted by Crippen LogP contribution is 2.39. The first kappa shape index (κ1) is 18.2. The molecule has 0 spiro atoms. The van der Waals surface area contributed by atoms with Gasteiger partial charge in [-0.05, 0) is 55.9 Å². The van der Waals surface area contributed by atoms with Crippen LogP contribution in [0.1, 0.15) is 30.9 Å². The number of sulfonamides is 1. The molecule has 1 aliphatic carbocycles. The van der Waals surface area contributed by atoms with E-state index in [9.17, 15) is 8.42 Å². The monoisotopic (exact) mass is 378 g/mol. The van der Waals surface area contributed by atoms with Crippen LogP contribution < -0.4 is 5.73 Å². The van der Waals surface area contributed by atoms with Crippen molar-refractivity contribution < 1.29 is 8.42 Å². The van der Waals surface area contributed by atoms with Gasteiger partial charge in [0.05, 0.1) is 5.02 Å². The number of benzene rings is 2. The maximum Gasteiger partial charge on any atom is 0.245 e. The molecule has 0 radical (unpaired) electrons. The second kappa shape index (κ2) is 6.98.